The van der Waals surface area contributed by atoms with E-state index in [1.165, 1.54) is 7.11 Å². The molecule has 0 heterocycles. The molecule has 0 aliphatic heterocycles. The first-order valence-electron chi connectivity index (χ1n) is 7.13. The highest BCUT2D eigenvalue weighted by molar-refractivity contribution is 7.91. The van der Waals surface area contributed by atoms with Gasteiger partial charge in [0.05, 0.1) is 17.8 Å². The van der Waals surface area contributed by atoms with E-state index in [9.17, 15) is 13.2 Å². The highest BCUT2D eigenvalue weighted by atomic mass is 32.2. The summed E-state index contributed by atoms with van der Waals surface area (Å²) in [5, 5.41) is 3.23. The predicted molar refractivity (Wildman–Crippen MR) is 83.1 cm³/mol. The molecule has 0 saturated carbocycles. The van der Waals surface area contributed by atoms with Gasteiger partial charge in [-0.2, -0.15) is 0 Å². The summed E-state index contributed by atoms with van der Waals surface area (Å²) in [6, 6.07) is 6.80. The predicted octanol–water partition coefficient (Wildman–Crippen LogP) is 2.63. The molecule has 5 nitrogen and oxygen atoms in total. The second-order valence-electron chi connectivity index (χ2n) is 4.74. The molecule has 1 aromatic rings. The van der Waals surface area contributed by atoms with Gasteiger partial charge >= 0.3 is 5.97 Å². The third-order valence-corrected chi connectivity index (χ3v) is 4.96. The van der Waals surface area contributed by atoms with E-state index in [0.717, 1.165) is 31.5 Å². The summed E-state index contributed by atoms with van der Waals surface area (Å²) in [6.07, 6.45) is 3.18. The van der Waals surface area contributed by atoms with Crippen molar-refractivity contribution in [1.82, 2.24) is 0 Å². The van der Waals surface area contributed by atoms with Gasteiger partial charge in [-0.15, -0.1) is 0 Å². The van der Waals surface area contributed by atoms with Crippen molar-refractivity contribution in [3.05, 3.63) is 24.3 Å². The molecule has 0 spiro atoms. The molecule has 0 saturated heterocycles. The van der Waals surface area contributed by atoms with Gasteiger partial charge in [0.15, 0.2) is 9.84 Å². The standard InChI is InChI=1S/C15H23NO4S/c1-3-21(18,19)14-10-8-13(9-11-14)16-12-6-4-5-7-15(17)20-2/h8-11,16H,3-7,12H2,1-2H3. The molecule has 0 atom stereocenters. The smallest absolute Gasteiger partial charge is 0.305 e. The lowest BCUT2D eigenvalue weighted by atomic mass is 10.2. The maximum absolute atomic E-state index is 11.7. The molecular weight excluding hydrogens is 290 g/mol. The van der Waals surface area contributed by atoms with Gasteiger partial charge < -0.3 is 10.1 Å². The van der Waals surface area contributed by atoms with Crippen molar-refractivity contribution in [2.45, 2.75) is 37.5 Å². The lowest BCUT2D eigenvalue weighted by Crippen LogP contribution is -2.05. The van der Waals surface area contributed by atoms with Gasteiger partial charge in [0.2, 0.25) is 0 Å². The molecule has 0 aromatic heterocycles. The number of rotatable bonds is 9. The fraction of sp³-hybridized carbons (Fsp3) is 0.533. The fourth-order valence-electron chi connectivity index (χ4n) is 1.85. The zero-order chi connectivity index (χ0) is 15.7. The molecule has 0 aliphatic rings. The highest BCUT2D eigenvalue weighted by Gasteiger charge is 2.10. The van der Waals surface area contributed by atoms with Crippen LogP contribution in [0.25, 0.3) is 0 Å². The average Bonchev–Trinajstić information content (AvgIpc) is 2.50. The van der Waals surface area contributed by atoms with Gasteiger partial charge in [-0.3, -0.25) is 4.79 Å². The van der Waals surface area contributed by atoms with Crippen LogP contribution in [0.15, 0.2) is 29.2 Å². The third kappa shape index (κ3) is 6.16. The van der Waals surface area contributed by atoms with Gasteiger partial charge in [0.1, 0.15) is 0 Å². The third-order valence-electron chi connectivity index (χ3n) is 3.21. The largest absolute Gasteiger partial charge is 0.469 e. The van der Waals surface area contributed by atoms with E-state index in [0.29, 0.717) is 11.3 Å². The number of sulfone groups is 1. The van der Waals surface area contributed by atoms with Gasteiger partial charge in [-0.1, -0.05) is 13.3 Å². The summed E-state index contributed by atoms with van der Waals surface area (Å²) < 4.78 is 27.9. The minimum atomic E-state index is -3.13. The first-order chi connectivity index (χ1) is 9.99. The maximum atomic E-state index is 11.7. The second-order valence-corrected chi connectivity index (χ2v) is 7.02. The molecule has 0 bridgehead atoms. The molecule has 6 heteroatoms. The van der Waals surface area contributed by atoms with Crippen molar-refractivity contribution in [2.24, 2.45) is 0 Å². The van der Waals surface area contributed by atoms with E-state index in [1.807, 2.05) is 0 Å². The molecule has 0 aliphatic carbocycles. The van der Waals surface area contributed by atoms with Crippen LogP contribution in [-0.2, 0) is 19.4 Å². The van der Waals surface area contributed by atoms with Crippen LogP contribution in [0.2, 0.25) is 0 Å². The summed E-state index contributed by atoms with van der Waals surface area (Å²) in [4.78, 5) is 11.3. The highest BCUT2D eigenvalue weighted by Crippen LogP contribution is 2.15. The summed E-state index contributed by atoms with van der Waals surface area (Å²) in [5.74, 6) is -0.0596. The summed E-state index contributed by atoms with van der Waals surface area (Å²) in [7, 11) is -1.73. The maximum Gasteiger partial charge on any atom is 0.305 e. The Bertz CT molecular complexity index is 537. The van der Waals surface area contributed by atoms with E-state index < -0.39 is 9.84 Å². The number of anilines is 1. The van der Waals surface area contributed by atoms with Gasteiger partial charge in [0, 0.05) is 18.7 Å². The molecule has 0 amide bonds. The second kappa shape index (κ2) is 8.67. The molecule has 1 N–H and O–H groups in total. The Kier molecular flexibility index (Phi) is 7.22. The Labute approximate surface area is 126 Å². The van der Waals surface area contributed by atoms with Crippen LogP contribution >= 0.6 is 0 Å². The lowest BCUT2D eigenvalue weighted by Gasteiger charge is -2.07. The molecule has 1 rings (SSSR count). The summed E-state index contributed by atoms with van der Waals surface area (Å²) >= 11 is 0. The number of nitrogens with one attached hydrogen (secondary N) is 1. The van der Waals surface area contributed by atoms with E-state index in [1.54, 1.807) is 31.2 Å². The number of carbonyl (C=O) groups excluding carboxylic acids is 1. The molecule has 118 valence electrons. The van der Waals surface area contributed by atoms with E-state index in [4.69, 9.17) is 0 Å². The molecule has 1 aromatic carbocycles. The number of carbonyl (C=O) groups is 1. The van der Waals surface area contributed by atoms with Gasteiger partial charge in [0.25, 0.3) is 0 Å². The molecule has 0 radical (unpaired) electrons. The molecule has 0 fully saturated rings. The number of benzene rings is 1. The van der Waals surface area contributed by atoms with E-state index in [-0.39, 0.29) is 11.7 Å². The first kappa shape index (κ1) is 17.5. The van der Waals surface area contributed by atoms with Crippen LogP contribution in [0.1, 0.15) is 32.6 Å². The number of hydrogen-bond donors (Lipinski definition) is 1. The Balaban J connectivity index is 2.29. The van der Waals surface area contributed by atoms with E-state index in [2.05, 4.69) is 10.1 Å². The van der Waals surface area contributed by atoms with Crippen LogP contribution in [0.3, 0.4) is 0 Å². The topological polar surface area (TPSA) is 72.5 Å². The quantitative estimate of drug-likeness (QED) is 0.560. The fourth-order valence-corrected chi connectivity index (χ4v) is 2.74. The van der Waals surface area contributed by atoms with Crippen LogP contribution in [0.4, 0.5) is 5.69 Å². The Morgan fingerprint density at radius 2 is 1.81 bits per heavy atom. The van der Waals surface area contributed by atoms with Crippen molar-refractivity contribution in [3.8, 4) is 0 Å². The average molecular weight is 313 g/mol. The summed E-state index contributed by atoms with van der Waals surface area (Å²) in [5.41, 5.74) is 0.901. The van der Waals surface area contributed by atoms with Crippen LogP contribution in [-0.4, -0.2) is 33.8 Å². The molecular formula is C15H23NO4S. The Morgan fingerprint density at radius 1 is 1.14 bits per heavy atom. The zero-order valence-corrected chi connectivity index (χ0v) is 13.4. The van der Waals surface area contributed by atoms with Crippen LogP contribution in [0, 0.1) is 0 Å². The monoisotopic (exact) mass is 313 g/mol. The Morgan fingerprint density at radius 3 is 2.38 bits per heavy atom. The Hall–Kier alpha value is -1.56. The van der Waals surface area contributed by atoms with E-state index >= 15 is 0 Å². The normalized spacial score (nSPS) is 11.1. The number of hydrogen-bond acceptors (Lipinski definition) is 5. The molecule has 0 unspecified atom stereocenters. The SMILES string of the molecule is CCS(=O)(=O)c1ccc(NCCCCCC(=O)OC)cc1. The molecule has 21 heavy (non-hydrogen) atoms. The summed E-state index contributed by atoms with van der Waals surface area (Å²) in [6.45, 7) is 2.43. The van der Waals surface area contributed by atoms with Crippen LogP contribution in [0.5, 0.6) is 0 Å². The number of ether oxygens (including phenoxy) is 1. The van der Waals surface area contributed by atoms with Crippen molar-refractivity contribution >= 4 is 21.5 Å². The van der Waals surface area contributed by atoms with Gasteiger partial charge in [-0.05, 0) is 37.1 Å². The van der Waals surface area contributed by atoms with Crippen molar-refractivity contribution in [2.75, 3.05) is 24.7 Å². The number of methoxy groups -OCH3 is 1. The van der Waals surface area contributed by atoms with Crippen molar-refractivity contribution < 1.29 is 17.9 Å². The van der Waals surface area contributed by atoms with Crippen molar-refractivity contribution in [1.29, 1.82) is 0 Å². The van der Waals surface area contributed by atoms with Crippen molar-refractivity contribution in [3.63, 3.8) is 0 Å². The van der Waals surface area contributed by atoms with Gasteiger partial charge in [-0.25, -0.2) is 8.42 Å². The minimum absolute atomic E-state index is 0.111. The number of unbranched alkanes of at least 4 members (excludes halogenated alkanes) is 2. The number of esters is 1. The first-order valence-corrected chi connectivity index (χ1v) is 8.78. The van der Waals surface area contributed by atoms with Crippen LogP contribution < -0.4 is 5.32 Å². The minimum Gasteiger partial charge on any atom is -0.469 e. The lowest BCUT2D eigenvalue weighted by molar-refractivity contribution is -0.140. The zero-order valence-electron chi connectivity index (χ0n) is 12.6.